The summed E-state index contributed by atoms with van der Waals surface area (Å²) in [6.45, 7) is 4.89. The number of ketones is 1. The zero-order valence-corrected chi connectivity index (χ0v) is 12.5. The van der Waals surface area contributed by atoms with E-state index >= 15 is 0 Å². The molecule has 21 heavy (non-hydrogen) atoms. The van der Waals surface area contributed by atoms with E-state index in [1.807, 2.05) is 62.4 Å². The first-order valence-electron chi connectivity index (χ1n) is 7.18. The van der Waals surface area contributed by atoms with Gasteiger partial charge in [0, 0.05) is 11.6 Å². The Labute approximate surface area is 126 Å². The summed E-state index contributed by atoms with van der Waals surface area (Å²) < 4.78 is 5.74. The van der Waals surface area contributed by atoms with Crippen LogP contribution in [0.3, 0.4) is 0 Å². The number of hydrogen-bond donors (Lipinski definition) is 1. The van der Waals surface area contributed by atoms with Gasteiger partial charge < -0.3 is 10.1 Å². The fraction of sp³-hybridized carbons (Fsp3) is 0.278. The molecule has 0 saturated carbocycles. The van der Waals surface area contributed by atoms with Crippen molar-refractivity contribution in [2.24, 2.45) is 0 Å². The third-order valence-corrected chi connectivity index (χ3v) is 3.08. The van der Waals surface area contributed by atoms with Gasteiger partial charge in [-0.05, 0) is 17.7 Å². The van der Waals surface area contributed by atoms with Crippen LogP contribution < -0.4 is 10.1 Å². The van der Waals surface area contributed by atoms with E-state index in [1.54, 1.807) is 6.07 Å². The zero-order chi connectivity index (χ0) is 15.1. The van der Waals surface area contributed by atoms with E-state index in [1.165, 1.54) is 0 Å². The van der Waals surface area contributed by atoms with Crippen LogP contribution in [0.5, 0.6) is 5.75 Å². The van der Waals surface area contributed by atoms with Crippen LogP contribution in [0.2, 0.25) is 0 Å². The number of carbonyl (C=O) groups is 1. The van der Waals surface area contributed by atoms with Crippen LogP contribution in [-0.2, 0) is 6.61 Å². The SMILES string of the molecule is CC(C)NCC(=O)c1cccc(OCc2ccccc2)c1. The van der Waals surface area contributed by atoms with Gasteiger partial charge in [0.15, 0.2) is 5.78 Å². The monoisotopic (exact) mass is 283 g/mol. The van der Waals surface area contributed by atoms with Gasteiger partial charge in [-0.25, -0.2) is 0 Å². The minimum atomic E-state index is 0.0776. The highest BCUT2D eigenvalue weighted by molar-refractivity contribution is 5.97. The molecule has 0 aliphatic rings. The van der Waals surface area contributed by atoms with E-state index in [4.69, 9.17) is 4.74 Å². The highest BCUT2D eigenvalue weighted by Crippen LogP contribution is 2.15. The second-order valence-corrected chi connectivity index (χ2v) is 5.26. The molecule has 0 fully saturated rings. The number of benzene rings is 2. The molecule has 1 N–H and O–H groups in total. The molecule has 110 valence electrons. The fourth-order valence-electron chi connectivity index (χ4n) is 1.90. The molecule has 0 bridgehead atoms. The Morgan fingerprint density at radius 3 is 2.57 bits per heavy atom. The van der Waals surface area contributed by atoms with Crippen LogP contribution in [0.25, 0.3) is 0 Å². The number of hydrogen-bond acceptors (Lipinski definition) is 3. The molecule has 0 atom stereocenters. The predicted octanol–water partition coefficient (Wildman–Crippen LogP) is 3.45. The maximum Gasteiger partial charge on any atom is 0.176 e. The summed E-state index contributed by atoms with van der Waals surface area (Å²) in [5.41, 5.74) is 1.78. The van der Waals surface area contributed by atoms with E-state index in [2.05, 4.69) is 5.32 Å². The Morgan fingerprint density at radius 1 is 1.10 bits per heavy atom. The lowest BCUT2D eigenvalue weighted by Crippen LogP contribution is -2.29. The molecule has 2 aromatic carbocycles. The number of Topliss-reactive ketones (excluding diaryl/α,β-unsaturated/α-hetero) is 1. The molecular weight excluding hydrogens is 262 g/mol. The highest BCUT2D eigenvalue weighted by atomic mass is 16.5. The van der Waals surface area contributed by atoms with Crippen molar-refractivity contribution in [1.82, 2.24) is 5.32 Å². The van der Waals surface area contributed by atoms with Gasteiger partial charge in [-0.15, -0.1) is 0 Å². The Bertz CT molecular complexity index is 579. The summed E-state index contributed by atoms with van der Waals surface area (Å²) in [4.78, 5) is 12.1. The van der Waals surface area contributed by atoms with Gasteiger partial charge in [0.05, 0.1) is 6.54 Å². The molecule has 0 spiro atoms. The normalized spacial score (nSPS) is 10.6. The Kier molecular flexibility index (Phi) is 5.52. The molecular formula is C18H21NO2. The van der Waals surface area contributed by atoms with Gasteiger partial charge in [-0.2, -0.15) is 0 Å². The summed E-state index contributed by atoms with van der Waals surface area (Å²) in [7, 11) is 0. The van der Waals surface area contributed by atoms with Crippen LogP contribution in [0, 0.1) is 0 Å². The van der Waals surface area contributed by atoms with E-state index in [9.17, 15) is 4.79 Å². The lowest BCUT2D eigenvalue weighted by molar-refractivity contribution is 0.0988. The first-order chi connectivity index (χ1) is 10.1. The van der Waals surface area contributed by atoms with E-state index < -0.39 is 0 Å². The van der Waals surface area contributed by atoms with Crippen LogP contribution in [-0.4, -0.2) is 18.4 Å². The molecule has 0 saturated heterocycles. The first-order valence-corrected chi connectivity index (χ1v) is 7.18. The van der Waals surface area contributed by atoms with Crippen LogP contribution >= 0.6 is 0 Å². The second-order valence-electron chi connectivity index (χ2n) is 5.26. The maximum atomic E-state index is 12.1. The zero-order valence-electron chi connectivity index (χ0n) is 12.5. The Balaban J connectivity index is 1.96. The second kappa shape index (κ2) is 7.60. The number of rotatable bonds is 7. The van der Waals surface area contributed by atoms with Gasteiger partial charge in [-0.1, -0.05) is 56.3 Å². The minimum absolute atomic E-state index is 0.0776. The molecule has 3 nitrogen and oxygen atoms in total. The van der Waals surface area contributed by atoms with E-state index in [0.29, 0.717) is 30.5 Å². The summed E-state index contributed by atoms with van der Waals surface area (Å²) in [6, 6.07) is 17.6. The van der Waals surface area contributed by atoms with Gasteiger partial charge >= 0.3 is 0 Å². The topological polar surface area (TPSA) is 38.3 Å². The summed E-state index contributed by atoms with van der Waals surface area (Å²) in [6.07, 6.45) is 0. The first kappa shape index (κ1) is 15.3. The largest absolute Gasteiger partial charge is 0.489 e. The van der Waals surface area contributed by atoms with Crippen molar-refractivity contribution in [2.75, 3.05) is 6.54 Å². The minimum Gasteiger partial charge on any atom is -0.489 e. The molecule has 0 radical (unpaired) electrons. The fourth-order valence-corrected chi connectivity index (χ4v) is 1.90. The molecule has 0 aliphatic heterocycles. The molecule has 2 rings (SSSR count). The van der Waals surface area contributed by atoms with Gasteiger partial charge in [0.2, 0.25) is 0 Å². The third-order valence-electron chi connectivity index (χ3n) is 3.08. The lowest BCUT2D eigenvalue weighted by Gasteiger charge is -2.09. The quantitative estimate of drug-likeness (QED) is 0.791. The van der Waals surface area contributed by atoms with Crippen molar-refractivity contribution in [1.29, 1.82) is 0 Å². The van der Waals surface area contributed by atoms with Crippen molar-refractivity contribution in [2.45, 2.75) is 26.5 Å². The number of carbonyl (C=O) groups excluding carboxylic acids is 1. The lowest BCUT2D eigenvalue weighted by atomic mass is 10.1. The highest BCUT2D eigenvalue weighted by Gasteiger charge is 2.07. The molecule has 3 heteroatoms. The van der Waals surface area contributed by atoms with Crippen molar-refractivity contribution >= 4 is 5.78 Å². The summed E-state index contributed by atoms with van der Waals surface area (Å²) in [5.74, 6) is 0.795. The molecule has 0 aliphatic carbocycles. The third kappa shape index (κ3) is 5.04. The predicted molar refractivity (Wildman–Crippen MR) is 84.7 cm³/mol. The van der Waals surface area contributed by atoms with Crippen molar-refractivity contribution < 1.29 is 9.53 Å². The summed E-state index contributed by atoms with van der Waals surface area (Å²) >= 11 is 0. The van der Waals surface area contributed by atoms with Crippen LogP contribution in [0.15, 0.2) is 54.6 Å². The van der Waals surface area contributed by atoms with Crippen molar-refractivity contribution in [3.63, 3.8) is 0 Å². The number of nitrogens with one attached hydrogen (secondary N) is 1. The molecule has 0 unspecified atom stereocenters. The average molecular weight is 283 g/mol. The molecule has 0 heterocycles. The van der Waals surface area contributed by atoms with Gasteiger partial charge in [0.1, 0.15) is 12.4 Å². The van der Waals surface area contributed by atoms with Gasteiger partial charge in [-0.3, -0.25) is 4.79 Å². The maximum absolute atomic E-state index is 12.1. The standard InChI is InChI=1S/C18H21NO2/c1-14(2)19-12-18(20)16-9-6-10-17(11-16)21-13-15-7-4-3-5-8-15/h3-11,14,19H,12-13H2,1-2H3. The van der Waals surface area contributed by atoms with Gasteiger partial charge in [0.25, 0.3) is 0 Å². The van der Waals surface area contributed by atoms with Crippen molar-refractivity contribution in [3.8, 4) is 5.75 Å². The smallest absolute Gasteiger partial charge is 0.176 e. The average Bonchev–Trinajstić information content (AvgIpc) is 2.52. The molecule has 0 amide bonds. The Hall–Kier alpha value is -2.13. The molecule has 0 aromatic heterocycles. The molecule has 2 aromatic rings. The van der Waals surface area contributed by atoms with E-state index in [0.717, 1.165) is 5.56 Å². The van der Waals surface area contributed by atoms with Crippen LogP contribution in [0.1, 0.15) is 29.8 Å². The van der Waals surface area contributed by atoms with E-state index in [-0.39, 0.29) is 5.78 Å². The van der Waals surface area contributed by atoms with Crippen molar-refractivity contribution in [3.05, 3.63) is 65.7 Å². The summed E-state index contributed by atoms with van der Waals surface area (Å²) in [5, 5.41) is 3.13. The Morgan fingerprint density at radius 2 is 1.86 bits per heavy atom. The van der Waals surface area contributed by atoms with Crippen LogP contribution in [0.4, 0.5) is 0 Å². The number of ether oxygens (including phenoxy) is 1.